The van der Waals surface area contributed by atoms with Crippen molar-refractivity contribution in [2.75, 3.05) is 12.4 Å². The molecule has 0 bridgehead atoms. The number of allylic oxidation sites excluding steroid dienone is 4. The molecule has 0 unspecified atom stereocenters. The minimum atomic E-state index is -0.219. The first-order chi connectivity index (χ1) is 14.5. The highest BCUT2D eigenvalue weighted by Gasteiger charge is 2.13. The average Bonchev–Trinajstić information content (AvgIpc) is 3.20. The molecule has 3 aromatic rings. The lowest BCUT2D eigenvalue weighted by molar-refractivity contribution is 0.102. The summed E-state index contributed by atoms with van der Waals surface area (Å²) in [4.78, 5) is 17.0. The maximum atomic E-state index is 13.3. The van der Waals surface area contributed by atoms with Gasteiger partial charge in [-0.1, -0.05) is 18.2 Å². The van der Waals surface area contributed by atoms with Crippen LogP contribution in [0.1, 0.15) is 34.5 Å². The second-order valence-electron chi connectivity index (χ2n) is 7.15. The van der Waals surface area contributed by atoms with E-state index in [1.807, 2.05) is 48.0 Å². The monoisotopic (exact) mass is 403 g/mol. The number of hydrogen-bond donors (Lipinski definition) is 1. The second-order valence-corrected chi connectivity index (χ2v) is 7.15. The Bertz CT molecular complexity index is 1160. The topological polar surface area (TPSA) is 56.1 Å². The molecule has 0 fully saturated rings. The Morgan fingerprint density at radius 2 is 2.03 bits per heavy atom. The minimum absolute atomic E-state index is 0.115. The number of nitrogens with zero attached hydrogens (tertiary/aromatic N) is 2. The van der Waals surface area contributed by atoms with E-state index in [-0.39, 0.29) is 11.7 Å². The van der Waals surface area contributed by atoms with Crippen molar-refractivity contribution in [3.63, 3.8) is 0 Å². The summed E-state index contributed by atoms with van der Waals surface area (Å²) < 4.78 is 20.6. The number of carbonyl (C=O) groups is 1. The van der Waals surface area contributed by atoms with Gasteiger partial charge in [-0.3, -0.25) is 4.79 Å². The van der Waals surface area contributed by atoms with Gasteiger partial charge >= 0.3 is 0 Å². The highest BCUT2D eigenvalue weighted by Crippen LogP contribution is 2.29. The molecular formula is C24H22FN3O2. The largest absolute Gasteiger partial charge is 0.494 e. The molecule has 0 aliphatic heterocycles. The van der Waals surface area contributed by atoms with E-state index in [4.69, 9.17) is 4.74 Å². The molecule has 2 aromatic carbocycles. The number of ether oxygens (including phenoxy) is 1. The summed E-state index contributed by atoms with van der Waals surface area (Å²) in [7, 11) is 1.59. The van der Waals surface area contributed by atoms with E-state index in [0.29, 0.717) is 29.8 Å². The Balaban J connectivity index is 1.55. The lowest BCUT2D eigenvalue weighted by Crippen LogP contribution is -2.12. The zero-order valence-corrected chi connectivity index (χ0v) is 16.9. The lowest BCUT2D eigenvalue weighted by atomic mass is 9.95. The first kappa shape index (κ1) is 19.6. The van der Waals surface area contributed by atoms with Crippen molar-refractivity contribution in [3.05, 3.63) is 89.8 Å². The number of rotatable bonds is 5. The van der Waals surface area contributed by atoms with Gasteiger partial charge in [0.25, 0.3) is 5.91 Å². The van der Waals surface area contributed by atoms with Crippen molar-refractivity contribution in [1.82, 2.24) is 9.55 Å². The molecule has 1 N–H and O–H groups in total. The zero-order valence-electron chi connectivity index (χ0n) is 16.9. The van der Waals surface area contributed by atoms with Crippen molar-refractivity contribution >= 4 is 17.2 Å². The highest BCUT2D eigenvalue weighted by molar-refractivity contribution is 6.05. The predicted octanol–water partition coefficient (Wildman–Crippen LogP) is 5.47. The standard InChI is InChI=1S/C24H22FN3O2/c1-16-14-28(15-26-16)22-11-10-21(13-23(22)30-2)27-24(29)19-5-3-4-18(12-19)17-6-8-20(25)9-7-17/h3-6,8,10-15H,7,9H2,1-2H3,(H,27,29). The molecule has 0 atom stereocenters. The Hall–Kier alpha value is -3.67. The normalized spacial score (nSPS) is 13.4. The fourth-order valence-corrected chi connectivity index (χ4v) is 3.44. The van der Waals surface area contributed by atoms with E-state index in [1.165, 1.54) is 6.08 Å². The first-order valence-corrected chi connectivity index (χ1v) is 9.69. The number of aromatic nitrogens is 2. The molecule has 0 saturated carbocycles. The van der Waals surface area contributed by atoms with Crippen LogP contribution in [0, 0.1) is 6.92 Å². The van der Waals surface area contributed by atoms with Crippen molar-refractivity contribution in [2.45, 2.75) is 19.8 Å². The number of anilines is 1. The van der Waals surface area contributed by atoms with Gasteiger partial charge in [0, 0.05) is 29.9 Å². The van der Waals surface area contributed by atoms with Gasteiger partial charge in [0.05, 0.1) is 24.8 Å². The summed E-state index contributed by atoms with van der Waals surface area (Å²) in [5.41, 5.74) is 4.85. The molecule has 4 rings (SSSR count). The van der Waals surface area contributed by atoms with Gasteiger partial charge in [0.1, 0.15) is 11.6 Å². The number of amides is 1. The van der Waals surface area contributed by atoms with E-state index < -0.39 is 0 Å². The van der Waals surface area contributed by atoms with E-state index in [2.05, 4.69) is 10.3 Å². The molecule has 0 spiro atoms. The third kappa shape index (κ3) is 4.17. The van der Waals surface area contributed by atoms with Crippen molar-refractivity contribution in [1.29, 1.82) is 0 Å². The summed E-state index contributed by atoms with van der Waals surface area (Å²) in [5, 5.41) is 2.92. The fourth-order valence-electron chi connectivity index (χ4n) is 3.44. The highest BCUT2D eigenvalue weighted by atomic mass is 19.1. The second kappa shape index (κ2) is 8.37. The van der Waals surface area contributed by atoms with Crippen molar-refractivity contribution < 1.29 is 13.9 Å². The van der Waals surface area contributed by atoms with Gasteiger partial charge < -0.3 is 14.6 Å². The smallest absolute Gasteiger partial charge is 0.255 e. The van der Waals surface area contributed by atoms with Crippen LogP contribution < -0.4 is 10.1 Å². The average molecular weight is 403 g/mol. The number of imidazole rings is 1. The molecule has 152 valence electrons. The summed E-state index contributed by atoms with van der Waals surface area (Å²) in [6, 6.07) is 12.8. The molecule has 0 saturated heterocycles. The summed E-state index contributed by atoms with van der Waals surface area (Å²) in [5.74, 6) is 0.291. The van der Waals surface area contributed by atoms with E-state index >= 15 is 0 Å². The molecular weight excluding hydrogens is 381 g/mol. The van der Waals surface area contributed by atoms with Crippen LogP contribution in [0.3, 0.4) is 0 Å². The zero-order chi connectivity index (χ0) is 21.1. The van der Waals surface area contributed by atoms with Gasteiger partial charge in [0.15, 0.2) is 0 Å². The molecule has 1 amide bonds. The maximum Gasteiger partial charge on any atom is 0.255 e. The van der Waals surface area contributed by atoms with Gasteiger partial charge in [-0.15, -0.1) is 0 Å². The van der Waals surface area contributed by atoms with Gasteiger partial charge in [-0.25, -0.2) is 9.37 Å². The molecule has 1 aromatic heterocycles. The molecule has 1 heterocycles. The van der Waals surface area contributed by atoms with Crippen LogP contribution >= 0.6 is 0 Å². The van der Waals surface area contributed by atoms with Gasteiger partial charge in [-0.05, 0) is 54.8 Å². The predicted molar refractivity (Wildman–Crippen MR) is 116 cm³/mol. The van der Waals surface area contributed by atoms with Crippen LogP contribution in [0.5, 0.6) is 5.75 Å². The third-order valence-electron chi connectivity index (χ3n) is 5.02. The molecule has 6 heteroatoms. The van der Waals surface area contributed by atoms with E-state index in [1.54, 1.807) is 31.6 Å². The number of nitrogens with one attached hydrogen (secondary N) is 1. The SMILES string of the molecule is COc1cc(NC(=O)c2cccc(C3=CC=C(F)CC3)c2)ccc1-n1cnc(C)c1. The fraction of sp³-hybridized carbons (Fsp3) is 0.167. The number of carbonyl (C=O) groups excluding carboxylic acids is 1. The molecule has 5 nitrogen and oxygen atoms in total. The molecule has 30 heavy (non-hydrogen) atoms. The Labute approximate surface area is 174 Å². The van der Waals surface area contributed by atoms with Crippen molar-refractivity contribution in [3.8, 4) is 11.4 Å². The Morgan fingerprint density at radius 1 is 1.17 bits per heavy atom. The molecule has 1 aliphatic carbocycles. The number of aryl methyl sites for hydroxylation is 1. The van der Waals surface area contributed by atoms with E-state index in [9.17, 15) is 9.18 Å². The molecule has 1 aliphatic rings. The summed E-state index contributed by atoms with van der Waals surface area (Å²) in [6.45, 7) is 1.92. The summed E-state index contributed by atoms with van der Waals surface area (Å²) in [6.07, 6.45) is 7.91. The number of benzene rings is 2. The van der Waals surface area contributed by atoms with Crippen LogP contribution in [0.15, 0.2) is 73.0 Å². The van der Waals surface area contributed by atoms with Crippen LogP contribution in [-0.4, -0.2) is 22.6 Å². The number of hydrogen-bond acceptors (Lipinski definition) is 3. The molecule has 0 radical (unpaired) electrons. The van der Waals surface area contributed by atoms with Crippen LogP contribution in [-0.2, 0) is 0 Å². The van der Waals surface area contributed by atoms with Gasteiger partial charge in [0.2, 0.25) is 0 Å². The maximum absolute atomic E-state index is 13.3. The Kier molecular flexibility index (Phi) is 5.48. The van der Waals surface area contributed by atoms with Crippen molar-refractivity contribution in [2.24, 2.45) is 0 Å². The van der Waals surface area contributed by atoms with Gasteiger partial charge in [-0.2, -0.15) is 0 Å². The number of halogens is 1. The first-order valence-electron chi connectivity index (χ1n) is 9.69. The quantitative estimate of drug-likeness (QED) is 0.614. The third-order valence-corrected chi connectivity index (χ3v) is 5.02. The van der Waals surface area contributed by atoms with Crippen LogP contribution in [0.4, 0.5) is 10.1 Å². The van der Waals surface area contributed by atoms with Crippen LogP contribution in [0.25, 0.3) is 11.3 Å². The minimum Gasteiger partial charge on any atom is -0.494 e. The summed E-state index contributed by atoms with van der Waals surface area (Å²) >= 11 is 0. The lowest BCUT2D eigenvalue weighted by Gasteiger charge is -2.13. The van der Waals surface area contributed by atoms with E-state index in [0.717, 1.165) is 22.5 Å². The van der Waals surface area contributed by atoms with Crippen LogP contribution in [0.2, 0.25) is 0 Å². The number of methoxy groups -OCH3 is 1. The Morgan fingerprint density at radius 3 is 2.73 bits per heavy atom.